The standard InChI is InChI=1S/C16H13ClN4O3S/c17-12-2-1-3-14(8-12)21-16(22)11(9-18)10-20-13-4-6-15(7-5-13)25(19,23)24/h1-8,10,20H,(H,21,22)(H2,19,23,24)/b11-10-. The highest BCUT2D eigenvalue weighted by Crippen LogP contribution is 2.16. The van der Waals surface area contributed by atoms with Crippen molar-refractivity contribution < 1.29 is 13.2 Å². The normalized spacial score (nSPS) is 11.5. The molecule has 0 heterocycles. The third-order valence-electron chi connectivity index (χ3n) is 3.01. The number of amides is 1. The van der Waals surface area contributed by atoms with E-state index in [1.807, 2.05) is 0 Å². The van der Waals surface area contributed by atoms with E-state index < -0.39 is 15.9 Å². The number of hydrogen-bond acceptors (Lipinski definition) is 5. The lowest BCUT2D eigenvalue weighted by molar-refractivity contribution is -0.112. The molecule has 1 amide bonds. The Balaban J connectivity index is 2.09. The van der Waals surface area contributed by atoms with Gasteiger partial charge in [0.2, 0.25) is 10.0 Å². The number of rotatable bonds is 5. The summed E-state index contributed by atoms with van der Waals surface area (Å²) in [6.07, 6.45) is 1.21. The number of nitrogens with two attached hydrogens (primary N) is 1. The van der Waals surface area contributed by atoms with Crippen LogP contribution in [0.3, 0.4) is 0 Å². The molecule has 0 spiro atoms. The minimum atomic E-state index is -3.78. The van der Waals surface area contributed by atoms with Crippen molar-refractivity contribution in [1.29, 1.82) is 5.26 Å². The second-order valence-electron chi connectivity index (χ2n) is 4.85. The van der Waals surface area contributed by atoms with Gasteiger partial charge in [0.15, 0.2) is 0 Å². The van der Waals surface area contributed by atoms with Gasteiger partial charge in [-0.25, -0.2) is 13.6 Å². The number of hydrogen-bond donors (Lipinski definition) is 3. The van der Waals surface area contributed by atoms with E-state index in [-0.39, 0.29) is 10.5 Å². The van der Waals surface area contributed by atoms with E-state index in [4.69, 9.17) is 22.0 Å². The van der Waals surface area contributed by atoms with Crippen LogP contribution in [0.1, 0.15) is 0 Å². The van der Waals surface area contributed by atoms with Crippen LogP contribution in [0.25, 0.3) is 0 Å². The smallest absolute Gasteiger partial charge is 0.267 e. The van der Waals surface area contributed by atoms with Crippen LogP contribution in [0.15, 0.2) is 65.2 Å². The first-order chi connectivity index (χ1) is 11.8. The summed E-state index contributed by atoms with van der Waals surface area (Å²) >= 11 is 5.83. The Hall–Kier alpha value is -2.86. The quantitative estimate of drug-likeness (QED) is 0.546. The minimum Gasteiger partial charge on any atom is -0.360 e. The van der Waals surface area contributed by atoms with Gasteiger partial charge < -0.3 is 10.6 Å². The van der Waals surface area contributed by atoms with Crippen LogP contribution in [-0.4, -0.2) is 14.3 Å². The molecular weight excluding hydrogens is 364 g/mol. The molecule has 0 radical (unpaired) electrons. The molecule has 2 rings (SSSR count). The highest BCUT2D eigenvalue weighted by atomic mass is 35.5. The van der Waals surface area contributed by atoms with Crippen molar-refractivity contribution in [3.63, 3.8) is 0 Å². The Bertz CT molecular complexity index is 964. The number of carbonyl (C=O) groups excluding carboxylic acids is 1. The lowest BCUT2D eigenvalue weighted by atomic mass is 10.2. The molecule has 9 heteroatoms. The van der Waals surface area contributed by atoms with Crippen molar-refractivity contribution in [2.24, 2.45) is 5.14 Å². The van der Waals surface area contributed by atoms with E-state index in [1.165, 1.54) is 30.5 Å². The fraction of sp³-hybridized carbons (Fsp3) is 0. The van der Waals surface area contributed by atoms with Crippen molar-refractivity contribution in [2.75, 3.05) is 10.6 Å². The van der Waals surface area contributed by atoms with Crippen molar-refractivity contribution in [2.45, 2.75) is 4.90 Å². The summed E-state index contributed by atoms with van der Waals surface area (Å²) in [4.78, 5) is 12.0. The van der Waals surface area contributed by atoms with E-state index >= 15 is 0 Å². The molecule has 2 aromatic rings. The average Bonchev–Trinajstić information content (AvgIpc) is 2.55. The first kappa shape index (κ1) is 18.5. The molecular formula is C16H13ClN4O3S. The number of sulfonamides is 1. The molecule has 0 bridgehead atoms. The molecule has 0 aliphatic carbocycles. The summed E-state index contributed by atoms with van der Waals surface area (Å²) in [7, 11) is -3.78. The van der Waals surface area contributed by atoms with E-state index in [9.17, 15) is 13.2 Å². The zero-order valence-corrected chi connectivity index (χ0v) is 14.3. The first-order valence-corrected chi connectivity index (χ1v) is 8.78. The molecule has 0 atom stereocenters. The number of nitrogens with one attached hydrogen (secondary N) is 2. The lowest BCUT2D eigenvalue weighted by Gasteiger charge is -2.06. The Kier molecular flexibility index (Phi) is 5.77. The minimum absolute atomic E-state index is 0.0405. The highest BCUT2D eigenvalue weighted by molar-refractivity contribution is 7.89. The number of halogens is 1. The molecule has 4 N–H and O–H groups in total. The van der Waals surface area contributed by atoms with E-state index in [0.29, 0.717) is 16.4 Å². The average molecular weight is 377 g/mol. The van der Waals surface area contributed by atoms with Crippen LogP contribution >= 0.6 is 11.6 Å². The topological polar surface area (TPSA) is 125 Å². The molecule has 128 valence electrons. The van der Waals surface area contributed by atoms with Gasteiger partial charge in [0.25, 0.3) is 5.91 Å². The largest absolute Gasteiger partial charge is 0.360 e. The van der Waals surface area contributed by atoms with Crippen LogP contribution in [0.2, 0.25) is 5.02 Å². The Morgan fingerprint density at radius 3 is 2.40 bits per heavy atom. The fourth-order valence-corrected chi connectivity index (χ4v) is 2.52. The number of nitrogens with zero attached hydrogens (tertiary/aromatic N) is 1. The summed E-state index contributed by atoms with van der Waals surface area (Å²) in [6.45, 7) is 0. The van der Waals surface area contributed by atoms with Crippen LogP contribution in [0.4, 0.5) is 11.4 Å². The molecule has 2 aromatic carbocycles. The van der Waals surface area contributed by atoms with Gasteiger partial charge in [-0.2, -0.15) is 5.26 Å². The van der Waals surface area contributed by atoms with Gasteiger partial charge >= 0.3 is 0 Å². The number of carbonyl (C=O) groups is 1. The van der Waals surface area contributed by atoms with Crippen molar-refractivity contribution in [3.05, 3.63) is 65.3 Å². The molecule has 25 heavy (non-hydrogen) atoms. The summed E-state index contributed by atoms with van der Waals surface area (Å²) in [5, 5.41) is 19.9. The summed E-state index contributed by atoms with van der Waals surface area (Å²) in [5.74, 6) is -0.613. The van der Waals surface area contributed by atoms with Crippen molar-refractivity contribution in [3.8, 4) is 6.07 Å². The monoisotopic (exact) mass is 376 g/mol. The van der Waals surface area contributed by atoms with Gasteiger partial charge in [0, 0.05) is 22.6 Å². The van der Waals surface area contributed by atoms with E-state index in [2.05, 4.69) is 10.6 Å². The third-order valence-corrected chi connectivity index (χ3v) is 4.18. The first-order valence-electron chi connectivity index (χ1n) is 6.86. The zero-order valence-electron chi connectivity index (χ0n) is 12.7. The third kappa shape index (κ3) is 5.32. The number of primary sulfonamides is 1. The Labute approximate surface area is 149 Å². The maximum atomic E-state index is 12.1. The highest BCUT2D eigenvalue weighted by Gasteiger charge is 2.10. The maximum absolute atomic E-state index is 12.1. The number of benzene rings is 2. The van der Waals surface area contributed by atoms with E-state index in [1.54, 1.807) is 30.3 Å². The van der Waals surface area contributed by atoms with Gasteiger partial charge in [-0.05, 0) is 42.5 Å². The molecule has 0 aromatic heterocycles. The molecule has 7 nitrogen and oxygen atoms in total. The number of anilines is 2. The predicted octanol–water partition coefficient (Wildman–Crippen LogP) is 2.45. The molecule has 0 aliphatic heterocycles. The summed E-state index contributed by atoms with van der Waals surface area (Å²) in [6, 6.07) is 13.8. The van der Waals surface area contributed by atoms with Gasteiger partial charge in [-0.3, -0.25) is 4.79 Å². The van der Waals surface area contributed by atoms with Crippen LogP contribution < -0.4 is 15.8 Å². The van der Waals surface area contributed by atoms with Crippen LogP contribution in [0, 0.1) is 11.3 Å². The lowest BCUT2D eigenvalue weighted by Crippen LogP contribution is -2.14. The molecule has 0 fully saturated rings. The maximum Gasteiger partial charge on any atom is 0.267 e. The molecule has 0 saturated heterocycles. The molecule has 0 saturated carbocycles. The SMILES string of the molecule is N#C/C(=C/Nc1ccc(S(N)(=O)=O)cc1)C(=O)Nc1cccc(Cl)c1. The van der Waals surface area contributed by atoms with Crippen molar-refractivity contribution in [1.82, 2.24) is 0 Å². The second kappa shape index (κ2) is 7.81. The Morgan fingerprint density at radius 2 is 1.84 bits per heavy atom. The molecule has 0 aliphatic rings. The summed E-state index contributed by atoms with van der Waals surface area (Å²) in [5.41, 5.74) is 0.766. The van der Waals surface area contributed by atoms with Gasteiger partial charge in [0.1, 0.15) is 11.6 Å². The van der Waals surface area contributed by atoms with Gasteiger partial charge in [-0.1, -0.05) is 17.7 Å². The van der Waals surface area contributed by atoms with Crippen molar-refractivity contribution >= 4 is 38.9 Å². The fourth-order valence-electron chi connectivity index (χ4n) is 1.81. The number of nitriles is 1. The van der Waals surface area contributed by atoms with Crippen LogP contribution in [-0.2, 0) is 14.8 Å². The van der Waals surface area contributed by atoms with Gasteiger partial charge in [0.05, 0.1) is 4.90 Å². The van der Waals surface area contributed by atoms with Crippen LogP contribution in [0.5, 0.6) is 0 Å². The predicted molar refractivity (Wildman–Crippen MR) is 95.2 cm³/mol. The zero-order chi connectivity index (χ0) is 18.4. The summed E-state index contributed by atoms with van der Waals surface area (Å²) < 4.78 is 22.4. The van der Waals surface area contributed by atoms with E-state index in [0.717, 1.165) is 0 Å². The second-order valence-corrected chi connectivity index (χ2v) is 6.85. The van der Waals surface area contributed by atoms with Gasteiger partial charge in [-0.15, -0.1) is 0 Å². The molecule has 0 unspecified atom stereocenters. The Morgan fingerprint density at radius 1 is 1.16 bits per heavy atom.